The van der Waals surface area contributed by atoms with Gasteiger partial charge in [0.2, 0.25) is 5.91 Å². The molecular weight excluding hydrogens is 381 g/mol. The highest BCUT2D eigenvalue weighted by Crippen LogP contribution is 2.19. The van der Waals surface area contributed by atoms with Crippen molar-refractivity contribution < 1.29 is 22.3 Å². The molecule has 0 radical (unpaired) electrons. The number of hydrogen-bond acceptors (Lipinski definition) is 4. The Hall–Kier alpha value is -2.12. The summed E-state index contributed by atoms with van der Waals surface area (Å²) in [4.78, 5) is 13.5. The van der Waals surface area contributed by atoms with Crippen LogP contribution in [-0.2, 0) is 26.9 Å². The van der Waals surface area contributed by atoms with E-state index in [1.165, 1.54) is 31.2 Å². The summed E-state index contributed by atoms with van der Waals surface area (Å²) >= 11 is 5.84. The van der Waals surface area contributed by atoms with E-state index in [0.717, 1.165) is 0 Å². The van der Waals surface area contributed by atoms with Gasteiger partial charge in [-0.1, -0.05) is 29.8 Å². The van der Waals surface area contributed by atoms with Crippen LogP contribution >= 0.6 is 11.6 Å². The number of sulfone groups is 1. The first-order chi connectivity index (χ1) is 12.2. The van der Waals surface area contributed by atoms with E-state index in [-0.39, 0.29) is 18.0 Å². The van der Waals surface area contributed by atoms with E-state index < -0.39 is 27.3 Å². The lowest BCUT2D eigenvalue weighted by Gasteiger charge is -2.18. The number of amides is 1. The summed E-state index contributed by atoms with van der Waals surface area (Å²) in [5.41, 5.74) is 1.05. The highest BCUT2D eigenvalue weighted by atomic mass is 35.5. The molecule has 0 aliphatic heterocycles. The van der Waals surface area contributed by atoms with E-state index in [4.69, 9.17) is 16.3 Å². The van der Waals surface area contributed by atoms with E-state index in [1.807, 2.05) is 0 Å². The number of hydrogen-bond donors (Lipinski definition) is 0. The average Bonchev–Trinajstić information content (AvgIpc) is 2.54. The van der Waals surface area contributed by atoms with Gasteiger partial charge in [0.25, 0.3) is 0 Å². The molecular formula is C18H19ClFNO4S. The molecule has 0 saturated heterocycles. The van der Waals surface area contributed by atoms with Crippen molar-refractivity contribution in [3.8, 4) is 5.75 Å². The molecule has 5 nitrogen and oxygen atoms in total. The summed E-state index contributed by atoms with van der Waals surface area (Å²) in [5, 5.41) is 0.433. The van der Waals surface area contributed by atoms with Crippen LogP contribution in [0.5, 0.6) is 5.75 Å². The van der Waals surface area contributed by atoms with Gasteiger partial charge >= 0.3 is 0 Å². The summed E-state index contributed by atoms with van der Waals surface area (Å²) in [6.45, 7) is 0.0897. The molecule has 0 heterocycles. The summed E-state index contributed by atoms with van der Waals surface area (Å²) < 4.78 is 43.1. The van der Waals surface area contributed by atoms with E-state index in [1.54, 1.807) is 30.3 Å². The zero-order valence-corrected chi connectivity index (χ0v) is 16.0. The smallest absolute Gasteiger partial charge is 0.237 e. The third-order valence-corrected chi connectivity index (χ3v) is 5.38. The fraction of sp³-hybridized carbons (Fsp3) is 0.278. The van der Waals surface area contributed by atoms with Crippen LogP contribution in [0.15, 0.2) is 42.5 Å². The molecule has 0 aromatic heterocycles. The van der Waals surface area contributed by atoms with Gasteiger partial charge in [-0.3, -0.25) is 4.79 Å². The molecule has 0 spiro atoms. The van der Waals surface area contributed by atoms with Crippen molar-refractivity contribution in [3.05, 3.63) is 64.4 Å². The number of carbonyl (C=O) groups excluding carboxylic acids is 1. The van der Waals surface area contributed by atoms with Crippen LogP contribution in [-0.4, -0.2) is 39.1 Å². The van der Waals surface area contributed by atoms with Crippen molar-refractivity contribution in [2.24, 2.45) is 0 Å². The Labute approximate surface area is 157 Å². The van der Waals surface area contributed by atoms with Gasteiger partial charge in [-0.25, -0.2) is 12.8 Å². The zero-order valence-electron chi connectivity index (χ0n) is 14.4. The summed E-state index contributed by atoms with van der Waals surface area (Å²) in [6.07, 6.45) is 0. The van der Waals surface area contributed by atoms with Crippen LogP contribution in [0.1, 0.15) is 11.1 Å². The molecule has 8 heteroatoms. The number of halogens is 2. The first kappa shape index (κ1) is 20.2. The van der Waals surface area contributed by atoms with Crippen LogP contribution in [0.2, 0.25) is 5.02 Å². The van der Waals surface area contributed by atoms with Crippen molar-refractivity contribution in [2.45, 2.75) is 12.3 Å². The van der Waals surface area contributed by atoms with Gasteiger partial charge in [-0.2, -0.15) is 0 Å². The van der Waals surface area contributed by atoms with Gasteiger partial charge in [0, 0.05) is 18.6 Å². The predicted molar refractivity (Wildman–Crippen MR) is 98.4 cm³/mol. The van der Waals surface area contributed by atoms with E-state index in [2.05, 4.69) is 0 Å². The number of ether oxygens (including phenoxy) is 1. The number of rotatable bonds is 7. The molecule has 0 N–H and O–H groups in total. The zero-order chi connectivity index (χ0) is 19.3. The van der Waals surface area contributed by atoms with Crippen molar-refractivity contribution in [1.82, 2.24) is 4.90 Å². The van der Waals surface area contributed by atoms with Gasteiger partial charge < -0.3 is 9.64 Å². The first-order valence-electron chi connectivity index (χ1n) is 7.71. The molecule has 0 aliphatic rings. The Balaban J connectivity index is 2.00. The van der Waals surface area contributed by atoms with Crippen LogP contribution in [0, 0.1) is 5.82 Å². The minimum atomic E-state index is -3.65. The van der Waals surface area contributed by atoms with Crippen LogP contribution in [0.4, 0.5) is 4.39 Å². The minimum absolute atomic E-state index is 0.0897. The molecule has 0 saturated carbocycles. The normalized spacial score (nSPS) is 11.2. The van der Waals surface area contributed by atoms with Crippen molar-refractivity contribution in [3.63, 3.8) is 0 Å². The molecule has 0 aliphatic carbocycles. The Bertz CT molecular complexity index is 902. The number of methoxy groups -OCH3 is 1. The molecule has 0 unspecified atom stereocenters. The summed E-state index contributed by atoms with van der Waals surface area (Å²) in [6, 6.07) is 10.8. The van der Waals surface area contributed by atoms with Crippen LogP contribution in [0.3, 0.4) is 0 Å². The number of benzene rings is 2. The van der Waals surface area contributed by atoms with Gasteiger partial charge in [0.15, 0.2) is 21.4 Å². The second-order valence-corrected chi connectivity index (χ2v) is 8.38. The van der Waals surface area contributed by atoms with Crippen molar-refractivity contribution in [2.75, 3.05) is 19.9 Å². The maximum absolute atomic E-state index is 13.7. The topological polar surface area (TPSA) is 63.7 Å². The standard InChI is InChI=1S/C18H19ClFNO4S/c1-21(10-13-6-7-17(25-2)16(20)9-13)18(22)12-26(23,24)11-14-4-3-5-15(19)8-14/h3-9H,10-12H2,1-2H3. The molecule has 0 atom stereocenters. The molecule has 2 aromatic rings. The molecule has 1 amide bonds. The lowest BCUT2D eigenvalue weighted by molar-refractivity contribution is -0.127. The van der Waals surface area contributed by atoms with Crippen molar-refractivity contribution in [1.29, 1.82) is 0 Å². The van der Waals surface area contributed by atoms with E-state index in [0.29, 0.717) is 16.1 Å². The second-order valence-electron chi connectivity index (χ2n) is 5.88. The summed E-state index contributed by atoms with van der Waals surface area (Å²) in [5.74, 6) is -1.91. The lowest BCUT2D eigenvalue weighted by Crippen LogP contribution is -2.32. The lowest BCUT2D eigenvalue weighted by atomic mass is 10.2. The van der Waals surface area contributed by atoms with Crippen LogP contribution in [0.25, 0.3) is 0 Å². The minimum Gasteiger partial charge on any atom is -0.494 e. The fourth-order valence-electron chi connectivity index (χ4n) is 2.40. The predicted octanol–water partition coefficient (Wildman–Crippen LogP) is 3.06. The fourth-order valence-corrected chi connectivity index (χ4v) is 4.00. The van der Waals surface area contributed by atoms with Gasteiger partial charge in [0.1, 0.15) is 5.75 Å². The maximum Gasteiger partial charge on any atom is 0.237 e. The van der Waals surface area contributed by atoms with Gasteiger partial charge in [0.05, 0.1) is 12.9 Å². The Morgan fingerprint density at radius 1 is 1.19 bits per heavy atom. The Morgan fingerprint density at radius 2 is 1.92 bits per heavy atom. The van der Waals surface area contributed by atoms with E-state index >= 15 is 0 Å². The Kier molecular flexibility index (Phi) is 6.61. The van der Waals surface area contributed by atoms with Crippen LogP contribution < -0.4 is 4.74 Å². The quantitative estimate of drug-likeness (QED) is 0.717. The highest BCUT2D eigenvalue weighted by molar-refractivity contribution is 7.91. The molecule has 2 aromatic carbocycles. The number of nitrogens with zero attached hydrogens (tertiary/aromatic N) is 1. The molecule has 26 heavy (non-hydrogen) atoms. The SMILES string of the molecule is COc1ccc(CN(C)C(=O)CS(=O)(=O)Cc2cccc(Cl)c2)cc1F. The average molecular weight is 400 g/mol. The third kappa shape index (κ3) is 5.71. The maximum atomic E-state index is 13.7. The molecule has 2 rings (SSSR count). The summed E-state index contributed by atoms with van der Waals surface area (Å²) in [7, 11) is -0.819. The number of carbonyl (C=O) groups is 1. The van der Waals surface area contributed by atoms with E-state index in [9.17, 15) is 17.6 Å². The molecule has 0 bridgehead atoms. The monoisotopic (exact) mass is 399 g/mol. The highest BCUT2D eigenvalue weighted by Gasteiger charge is 2.21. The third-order valence-electron chi connectivity index (χ3n) is 3.68. The van der Waals surface area contributed by atoms with Gasteiger partial charge in [-0.05, 0) is 35.4 Å². The Morgan fingerprint density at radius 3 is 2.54 bits per heavy atom. The van der Waals surface area contributed by atoms with Crippen molar-refractivity contribution >= 4 is 27.3 Å². The molecule has 140 valence electrons. The largest absolute Gasteiger partial charge is 0.494 e. The first-order valence-corrected chi connectivity index (χ1v) is 9.91. The van der Waals surface area contributed by atoms with Gasteiger partial charge in [-0.15, -0.1) is 0 Å². The molecule has 0 fully saturated rings. The second kappa shape index (κ2) is 8.51.